The molecule has 1 aromatic carbocycles. The van der Waals surface area contributed by atoms with Crippen LogP contribution >= 0.6 is 23.2 Å². The van der Waals surface area contributed by atoms with E-state index in [2.05, 4.69) is 11.0 Å². The van der Waals surface area contributed by atoms with Crippen molar-refractivity contribution in [2.24, 2.45) is 0 Å². The number of anilines is 1. The van der Waals surface area contributed by atoms with Gasteiger partial charge in [-0.1, -0.05) is 61.7 Å². The summed E-state index contributed by atoms with van der Waals surface area (Å²) in [6.07, 6.45) is 13.4. The minimum absolute atomic E-state index is 0.651. The summed E-state index contributed by atoms with van der Waals surface area (Å²) < 4.78 is 0. The van der Waals surface area contributed by atoms with Gasteiger partial charge in [0, 0.05) is 17.1 Å². The van der Waals surface area contributed by atoms with Gasteiger partial charge in [-0.3, -0.25) is 0 Å². The Bertz CT molecular complexity index is 444. The molecule has 0 saturated heterocycles. The highest BCUT2D eigenvalue weighted by atomic mass is 35.5. The van der Waals surface area contributed by atoms with Crippen LogP contribution in [0.5, 0.6) is 0 Å². The van der Waals surface area contributed by atoms with Gasteiger partial charge in [0.25, 0.3) is 0 Å². The summed E-state index contributed by atoms with van der Waals surface area (Å²) in [4.78, 5) is 2.65. The molecule has 1 nitrogen and oxygen atoms in total. The summed E-state index contributed by atoms with van der Waals surface area (Å²) in [5.74, 6) is 0. The lowest BCUT2D eigenvalue weighted by Crippen LogP contribution is -2.45. The molecule has 2 aliphatic carbocycles. The van der Waals surface area contributed by atoms with Crippen molar-refractivity contribution in [1.82, 2.24) is 0 Å². The fourth-order valence-corrected chi connectivity index (χ4v) is 4.48. The van der Waals surface area contributed by atoms with E-state index in [4.69, 9.17) is 23.2 Å². The van der Waals surface area contributed by atoms with E-state index in [1.807, 2.05) is 12.1 Å². The molecular formula is C18H25Cl2N. The third kappa shape index (κ3) is 3.68. The van der Waals surface area contributed by atoms with Crippen LogP contribution in [-0.4, -0.2) is 12.1 Å². The van der Waals surface area contributed by atoms with Crippen molar-refractivity contribution in [3.63, 3.8) is 0 Å². The van der Waals surface area contributed by atoms with Crippen LogP contribution in [-0.2, 0) is 0 Å². The van der Waals surface area contributed by atoms with Crippen LogP contribution in [0.4, 0.5) is 5.69 Å². The fraction of sp³-hybridized carbons (Fsp3) is 0.667. The van der Waals surface area contributed by atoms with E-state index >= 15 is 0 Å². The Morgan fingerprint density at radius 2 is 1.29 bits per heavy atom. The highest BCUT2D eigenvalue weighted by Crippen LogP contribution is 2.38. The number of rotatable bonds is 3. The summed E-state index contributed by atoms with van der Waals surface area (Å²) in [6, 6.07) is 7.23. The van der Waals surface area contributed by atoms with Gasteiger partial charge >= 0.3 is 0 Å². The molecule has 2 aliphatic rings. The quantitative estimate of drug-likeness (QED) is 0.615. The molecule has 0 radical (unpaired) electrons. The molecule has 0 amide bonds. The predicted octanol–water partition coefficient (Wildman–Crippen LogP) is 6.47. The number of nitrogens with zero attached hydrogens (tertiary/aromatic N) is 1. The summed E-state index contributed by atoms with van der Waals surface area (Å²) in [5, 5.41) is 1.65. The van der Waals surface area contributed by atoms with Gasteiger partial charge in [0.15, 0.2) is 0 Å². The maximum atomic E-state index is 6.53. The predicted molar refractivity (Wildman–Crippen MR) is 92.7 cm³/mol. The molecule has 0 bridgehead atoms. The minimum atomic E-state index is 0.651. The van der Waals surface area contributed by atoms with Gasteiger partial charge in [-0.2, -0.15) is 0 Å². The van der Waals surface area contributed by atoms with Crippen molar-refractivity contribution >= 4 is 28.9 Å². The highest BCUT2D eigenvalue weighted by Gasteiger charge is 2.30. The second kappa shape index (κ2) is 7.24. The van der Waals surface area contributed by atoms with E-state index in [1.165, 1.54) is 69.9 Å². The molecule has 2 fully saturated rings. The molecule has 2 saturated carbocycles. The van der Waals surface area contributed by atoms with Crippen LogP contribution in [0.2, 0.25) is 10.0 Å². The maximum Gasteiger partial charge on any atom is 0.0640 e. The molecule has 0 N–H and O–H groups in total. The summed E-state index contributed by atoms with van der Waals surface area (Å²) >= 11 is 12.8. The molecule has 0 spiro atoms. The van der Waals surface area contributed by atoms with E-state index in [1.54, 1.807) is 0 Å². The van der Waals surface area contributed by atoms with Crippen LogP contribution in [0.25, 0.3) is 0 Å². The fourth-order valence-electron chi connectivity index (χ4n) is 4.09. The smallest absolute Gasteiger partial charge is 0.0640 e. The van der Waals surface area contributed by atoms with Crippen molar-refractivity contribution in [3.05, 3.63) is 28.2 Å². The second-order valence-electron chi connectivity index (χ2n) is 6.59. The first kappa shape index (κ1) is 15.5. The Labute approximate surface area is 138 Å². The van der Waals surface area contributed by atoms with Crippen LogP contribution in [0.3, 0.4) is 0 Å². The highest BCUT2D eigenvalue weighted by molar-refractivity contribution is 6.35. The zero-order valence-corrected chi connectivity index (χ0v) is 14.2. The molecule has 3 heteroatoms. The first-order valence-electron chi connectivity index (χ1n) is 8.49. The molecule has 21 heavy (non-hydrogen) atoms. The Hall–Kier alpha value is -0.400. The van der Waals surface area contributed by atoms with Crippen molar-refractivity contribution in [2.45, 2.75) is 76.3 Å². The van der Waals surface area contributed by atoms with E-state index in [9.17, 15) is 0 Å². The number of hydrogen-bond donors (Lipinski definition) is 0. The van der Waals surface area contributed by atoms with Gasteiger partial charge in [0.05, 0.1) is 10.7 Å². The molecular weight excluding hydrogens is 301 g/mol. The lowest BCUT2D eigenvalue weighted by atomic mass is 9.88. The Balaban J connectivity index is 1.91. The average Bonchev–Trinajstić information content (AvgIpc) is 2.53. The Morgan fingerprint density at radius 1 is 0.762 bits per heavy atom. The van der Waals surface area contributed by atoms with Gasteiger partial charge in [-0.25, -0.2) is 0 Å². The first-order chi connectivity index (χ1) is 10.3. The molecule has 0 aromatic heterocycles. The lowest BCUT2D eigenvalue weighted by molar-refractivity contribution is 0.340. The Kier molecular flexibility index (Phi) is 5.34. The van der Waals surface area contributed by atoms with Gasteiger partial charge in [0.2, 0.25) is 0 Å². The maximum absolute atomic E-state index is 6.53. The van der Waals surface area contributed by atoms with Crippen LogP contribution < -0.4 is 4.90 Å². The largest absolute Gasteiger partial charge is 0.364 e. The van der Waals surface area contributed by atoms with Gasteiger partial charge < -0.3 is 4.90 Å². The van der Waals surface area contributed by atoms with Crippen molar-refractivity contribution in [2.75, 3.05) is 4.90 Å². The van der Waals surface area contributed by atoms with Crippen LogP contribution in [0, 0.1) is 0 Å². The first-order valence-corrected chi connectivity index (χ1v) is 9.24. The van der Waals surface area contributed by atoms with Crippen molar-refractivity contribution < 1.29 is 0 Å². The SMILES string of the molecule is Clc1ccc(Cl)c(N(C2CCCCC2)C2CCCCC2)c1. The third-order valence-corrected chi connectivity index (χ3v) is 5.68. The lowest BCUT2D eigenvalue weighted by Gasteiger charge is -2.44. The topological polar surface area (TPSA) is 3.24 Å². The van der Waals surface area contributed by atoms with Gasteiger partial charge in [-0.05, 0) is 43.9 Å². The molecule has 0 heterocycles. The normalized spacial score (nSPS) is 21.4. The zero-order chi connectivity index (χ0) is 14.7. The molecule has 3 rings (SSSR count). The number of benzene rings is 1. The van der Waals surface area contributed by atoms with Crippen molar-refractivity contribution in [1.29, 1.82) is 0 Å². The summed E-state index contributed by atoms with van der Waals surface area (Å²) in [7, 11) is 0. The molecule has 0 unspecified atom stereocenters. The number of hydrogen-bond acceptors (Lipinski definition) is 1. The van der Waals surface area contributed by atoms with E-state index in [0.29, 0.717) is 12.1 Å². The van der Waals surface area contributed by atoms with E-state index < -0.39 is 0 Å². The zero-order valence-electron chi connectivity index (χ0n) is 12.7. The van der Waals surface area contributed by atoms with Crippen LogP contribution in [0.15, 0.2) is 18.2 Å². The molecule has 0 atom stereocenters. The summed E-state index contributed by atoms with van der Waals surface area (Å²) in [6.45, 7) is 0. The Morgan fingerprint density at radius 3 is 1.81 bits per heavy atom. The monoisotopic (exact) mass is 325 g/mol. The van der Waals surface area contributed by atoms with Crippen LogP contribution in [0.1, 0.15) is 64.2 Å². The number of halogens is 2. The molecule has 1 aromatic rings. The molecule has 0 aliphatic heterocycles. The van der Waals surface area contributed by atoms with Crippen molar-refractivity contribution in [3.8, 4) is 0 Å². The van der Waals surface area contributed by atoms with E-state index in [0.717, 1.165) is 10.0 Å². The standard InChI is InChI=1S/C18H25Cl2N/c19-14-11-12-17(20)18(13-14)21(15-7-3-1-4-8-15)16-9-5-2-6-10-16/h11-13,15-16H,1-10H2. The van der Waals surface area contributed by atoms with E-state index in [-0.39, 0.29) is 0 Å². The second-order valence-corrected chi connectivity index (χ2v) is 7.43. The average molecular weight is 326 g/mol. The molecule has 116 valence electrons. The summed E-state index contributed by atoms with van der Waals surface area (Å²) in [5.41, 5.74) is 1.17. The minimum Gasteiger partial charge on any atom is -0.364 e. The third-order valence-electron chi connectivity index (χ3n) is 5.12. The van der Waals surface area contributed by atoms with Gasteiger partial charge in [0.1, 0.15) is 0 Å². The van der Waals surface area contributed by atoms with Gasteiger partial charge in [-0.15, -0.1) is 0 Å².